The highest BCUT2D eigenvalue weighted by atomic mass is 16.5. The fraction of sp³-hybridized carbons (Fsp3) is 0.440. The first-order valence-electron chi connectivity index (χ1n) is 11.2. The van der Waals surface area contributed by atoms with Crippen LogP contribution in [-0.4, -0.2) is 31.1 Å². The summed E-state index contributed by atoms with van der Waals surface area (Å²) in [6.45, 7) is 1.07. The van der Waals surface area contributed by atoms with Gasteiger partial charge in [-0.2, -0.15) is 0 Å². The van der Waals surface area contributed by atoms with Crippen LogP contribution >= 0.6 is 0 Å². The van der Waals surface area contributed by atoms with Crippen molar-refractivity contribution in [2.45, 2.75) is 56.7 Å². The molecule has 1 aliphatic heterocycles. The summed E-state index contributed by atoms with van der Waals surface area (Å²) >= 11 is 0. The summed E-state index contributed by atoms with van der Waals surface area (Å²) < 4.78 is 6.45. The van der Waals surface area contributed by atoms with Crippen LogP contribution in [0.5, 0.6) is 5.75 Å². The van der Waals surface area contributed by atoms with Gasteiger partial charge < -0.3 is 20.7 Å². The summed E-state index contributed by atoms with van der Waals surface area (Å²) in [7, 11) is 1.77. The van der Waals surface area contributed by atoms with Gasteiger partial charge in [0.15, 0.2) is 5.96 Å². The van der Waals surface area contributed by atoms with Gasteiger partial charge in [-0.1, -0.05) is 48.5 Å². The van der Waals surface area contributed by atoms with Gasteiger partial charge in [0.2, 0.25) is 5.91 Å². The minimum absolute atomic E-state index is 0.0214. The highest BCUT2D eigenvalue weighted by Crippen LogP contribution is 2.46. The minimum atomic E-state index is -0.0673. The number of carbonyl (C=O) groups excluding carboxylic acids is 1. The Hall–Kier alpha value is -3.02. The summed E-state index contributed by atoms with van der Waals surface area (Å²) in [4.78, 5) is 16.6. The fourth-order valence-corrected chi connectivity index (χ4v) is 4.61. The largest absolute Gasteiger partial charge is 0.487 e. The van der Waals surface area contributed by atoms with Gasteiger partial charge >= 0.3 is 0 Å². The Morgan fingerprint density at radius 2 is 1.81 bits per heavy atom. The van der Waals surface area contributed by atoms with Crippen LogP contribution in [0.15, 0.2) is 59.6 Å². The molecule has 1 spiro atoms. The molecule has 0 saturated heterocycles. The molecule has 0 aromatic heterocycles. The third-order valence-corrected chi connectivity index (χ3v) is 6.22. The van der Waals surface area contributed by atoms with E-state index in [4.69, 9.17) is 4.74 Å². The molecule has 2 aromatic carbocycles. The molecule has 6 heteroatoms. The number of carbonyl (C=O) groups is 1. The Balaban J connectivity index is 1.30. The number of amides is 1. The monoisotopic (exact) mass is 420 g/mol. The maximum absolute atomic E-state index is 12.2. The van der Waals surface area contributed by atoms with E-state index in [1.807, 2.05) is 36.4 Å². The van der Waals surface area contributed by atoms with E-state index in [2.05, 4.69) is 39.1 Å². The molecule has 0 bridgehead atoms. The Morgan fingerprint density at radius 3 is 2.58 bits per heavy atom. The molecule has 4 rings (SSSR count). The smallest absolute Gasteiger partial charge is 0.222 e. The number of nitrogens with one attached hydrogen (secondary N) is 3. The molecule has 6 nitrogen and oxygen atoms in total. The predicted octanol–water partition coefficient (Wildman–Crippen LogP) is 3.69. The van der Waals surface area contributed by atoms with Gasteiger partial charge in [0.05, 0.1) is 6.04 Å². The van der Waals surface area contributed by atoms with Crippen LogP contribution in [0.25, 0.3) is 0 Å². The average molecular weight is 421 g/mol. The molecule has 1 amide bonds. The van der Waals surface area contributed by atoms with Gasteiger partial charge in [0.25, 0.3) is 0 Å². The van der Waals surface area contributed by atoms with Crippen molar-refractivity contribution < 1.29 is 9.53 Å². The second kappa shape index (κ2) is 9.86. The molecule has 1 heterocycles. The van der Waals surface area contributed by atoms with E-state index >= 15 is 0 Å². The minimum Gasteiger partial charge on any atom is -0.487 e. The van der Waals surface area contributed by atoms with Gasteiger partial charge in [-0.15, -0.1) is 0 Å². The molecule has 2 aliphatic rings. The predicted molar refractivity (Wildman–Crippen MR) is 123 cm³/mol. The normalized spacial score (nSPS) is 19.4. The van der Waals surface area contributed by atoms with E-state index in [0.29, 0.717) is 25.5 Å². The lowest BCUT2D eigenvalue weighted by Gasteiger charge is -2.40. The summed E-state index contributed by atoms with van der Waals surface area (Å²) in [5, 5.41) is 9.83. The van der Waals surface area contributed by atoms with Crippen LogP contribution in [0.1, 0.15) is 55.7 Å². The third kappa shape index (κ3) is 5.37. The lowest BCUT2D eigenvalue weighted by atomic mass is 9.86. The number of ether oxygens (including phenoxy) is 1. The summed E-state index contributed by atoms with van der Waals surface area (Å²) in [5.41, 5.74) is 2.20. The van der Waals surface area contributed by atoms with Crippen molar-refractivity contribution in [2.24, 2.45) is 4.99 Å². The maximum Gasteiger partial charge on any atom is 0.222 e. The fourth-order valence-electron chi connectivity index (χ4n) is 4.61. The lowest BCUT2D eigenvalue weighted by Crippen LogP contribution is -2.47. The summed E-state index contributed by atoms with van der Waals surface area (Å²) in [6, 6.07) is 18.4. The summed E-state index contributed by atoms with van der Waals surface area (Å²) in [5.74, 6) is 1.71. The van der Waals surface area contributed by atoms with Gasteiger partial charge in [0, 0.05) is 38.5 Å². The van der Waals surface area contributed by atoms with Gasteiger partial charge in [-0.3, -0.25) is 9.79 Å². The van der Waals surface area contributed by atoms with Crippen LogP contribution in [0, 0.1) is 0 Å². The second-order valence-electron chi connectivity index (χ2n) is 8.44. The molecule has 1 unspecified atom stereocenters. The number of fused-ring (bicyclic) bond motifs is 1. The van der Waals surface area contributed by atoms with Gasteiger partial charge in [-0.05, 0) is 37.3 Å². The maximum atomic E-state index is 12.2. The molecule has 1 fully saturated rings. The zero-order valence-electron chi connectivity index (χ0n) is 18.2. The zero-order valence-corrected chi connectivity index (χ0v) is 18.2. The van der Waals surface area contributed by atoms with Crippen molar-refractivity contribution >= 4 is 11.9 Å². The average Bonchev–Trinajstić information content (AvgIpc) is 3.24. The van der Waals surface area contributed by atoms with Crippen LogP contribution in [-0.2, 0) is 11.3 Å². The van der Waals surface area contributed by atoms with E-state index in [0.717, 1.165) is 30.6 Å². The van der Waals surface area contributed by atoms with Gasteiger partial charge in [-0.25, -0.2) is 0 Å². The van der Waals surface area contributed by atoms with E-state index in [1.165, 1.54) is 18.4 Å². The molecule has 1 atom stereocenters. The number of hydrogen-bond donors (Lipinski definition) is 3. The summed E-state index contributed by atoms with van der Waals surface area (Å²) in [6.07, 6.45) is 5.98. The Bertz CT molecular complexity index is 907. The van der Waals surface area contributed by atoms with E-state index in [-0.39, 0.29) is 17.6 Å². The molecule has 164 valence electrons. The Kier molecular flexibility index (Phi) is 6.75. The highest BCUT2D eigenvalue weighted by Gasteiger charge is 2.43. The first-order valence-corrected chi connectivity index (χ1v) is 11.2. The van der Waals surface area contributed by atoms with Crippen LogP contribution in [0.2, 0.25) is 0 Å². The van der Waals surface area contributed by atoms with Crippen molar-refractivity contribution in [3.05, 3.63) is 65.7 Å². The van der Waals surface area contributed by atoms with Crippen molar-refractivity contribution in [3.63, 3.8) is 0 Å². The highest BCUT2D eigenvalue weighted by molar-refractivity contribution is 5.81. The van der Waals surface area contributed by atoms with E-state index in [9.17, 15) is 4.79 Å². The zero-order chi connectivity index (χ0) is 21.5. The number of hydrogen-bond acceptors (Lipinski definition) is 3. The van der Waals surface area contributed by atoms with E-state index < -0.39 is 0 Å². The van der Waals surface area contributed by atoms with E-state index in [1.54, 1.807) is 7.05 Å². The molecular formula is C25H32N4O2. The SMILES string of the molecule is CN=C(NCCC(=O)NCc1ccccc1)NC1CC2(CCCC2)Oc2ccccc21. The first-order chi connectivity index (χ1) is 15.2. The first kappa shape index (κ1) is 21.2. The molecule has 31 heavy (non-hydrogen) atoms. The number of para-hydroxylation sites is 1. The molecular weight excluding hydrogens is 388 g/mol. The van der Waals surface area contributed by atoms with Crippen molar-refractivity contribution in [3.8, 4) is 5.75 Å². The standard InChI is InChI=1S/C25H32N4O2/c1-26-24(27-16-13-23(30)28-18-19-9-3-2-4-10-19)29-21-17-25(14-7-8-15-25)31-22-12-6-5-11-20(21)22/h2-6,9-12,21H,7-8,13-18H2,1H3,(H,28,30)(H2,26,27,29). The molecule has 1 saturated carbocycles. The Morgan fingerprint density at radius 1 is 1.06 bits per heavy atom. The quantitative estimate of drug-likeness (QED) is 0.492. The van der Waals surface area contributed by atoms with Crippen molar-refractivity contribution in [1.29, 1.82) is 0 Å². The number of benzene rings is 2. The number of rotatable bonds is 6. The number of aliphatic imine (C=N–C) groups is 1. The molecule has 2 aromatic rings. The molecule has 0 radical (unpaired) electrons. The second-order valence-corrected chi connectivity index (χ2v) is 8.44. The Labute approximate surface area is 184 Å². The number of nitrogens with zero attached hydrogens (tertiary/aromatic N) is 1. The third-order valence-electron chi connectivity index (χ3n) is 6.22. The van der Waals surface area contributed by atoms with Crippen molar-refractivity contribution in [1.82, 2.24) is 16.0 Å². The number of guanidine groups is 1. The van der Waals surface area contributed by atoms with Crippen LogP contribution < -0.4 is 20.7 Å². The lowest BCUT2D eigenvalue weighted by molar-refractivity contribution is -0.121. The molecule has 1 aliphatic carbocycles. The van der Waals surface area contributed by atoms with Crippen molar-refractivity contribution in [2.75, 3.05) is 13.6 Å². The van der Waals surface area contributed by atoms with Crippen LogP contribution in [0.4, 0.5) is 0 Å². The molecule has 3 N–H and O–H groups in total. The van der Waals surface area contributed by atoms with Crippen LogP contribution in [0.3, 0.4) is 0 Å². The topological polar surface area (TPSA) is 74.8 Å². The van der Waals surface area contributed by atoms with Gasteiger partial charge in [0.1, 0.15) is 11.4 Å².